The number of nitriles is 1. The number of benzene rings is 2. The Morgan fingerprint density at radius 1 is 1.11 bits per heavy atom. The number of fused-ring (bicyclic) bond motifs is 1. The van der Waals surface area contributed by atoms with Crippen LogP contribution in [0.3, 0.4) is 0 Å². The monoisotopic (exact) mass is 462 g/mol. The number of anilines is 2. The number of hydrogen-bond acceptors (Lipinski definition) is 7. The number of rotatable bonds is 5. The van der Waals surface area contributed by atoms with E-state index in [0.717, 1.165) is 22.2 Å². The van der Waals surface area contributed by atoms with Crippen molar-refractivity contribution in [2.24, 2.45) is 7.05 Å². The SMILES string of the molecule is C[C@H](Nc1nc(N)ncc1C#N)c1cc2cccc(-c3cnn(C)c3)c2c(=O)n1-c1ccccc1. The van der Waals surface area contributed by atoms with Crippen LogP contribution in [0.4, 0.5) is 11.8 Å². The number of aryl methyl sites for hydroxylation is 1. The second kappa shape index (κ2) is 8.76. The first-order valence-corrected chi connectivity index (χ1v) is 11.0. The predicted molar refractivity (Wildman–Crippen MR) is 135 cm³/mol. The lowest BCUT2D eigenvalue weighted by Gasteiger charge is -2.22. The Labute approximate surface area is 201 Å². The highest BCUT2D eigenvalue weighted by molar-refractivity contribution is 5.96. The second-order valence-electron chi connectivity index (χ2n) is 8.19. The van der Waals surface area contributed by atoms with Gasteiger partial charge in [0.25, 0.3) is 5.56 Å². The Hall–Kier alpha value is -4.97. The van der Waals surface area contributed by atoms with Gasteiger partial charge in [0.1, 0.15) is 17.5 Å². The Morgan fingerprint density at radius 2 is 1.91 bits per heavy atom. The van der Waals surface area contributed by atoms with Crippen molar-refractivity contribution in [2.45, 2.75) is 13.0 Å². The fourth-order valence-corrected chi connectivity index (χ4v) is 4.21. The molecule has 0 radical (unpaired) electrons. The normalized spacial score (nSPS) is 11.8. The average molecular weight is 463 g/mol. The van der Waals surface area contributed by atoms with Crippen LogP contribution in [0.15, 0.2) is 78.0 Å². The van der Waals surface area contributed by atoms with Gasteiger partial charge in [-0.05, 0) is 36.1 Å². The van der Waals surface area contributed by atoms with Crippen LogP contribution in [0.1, 0.15) is 24.2 Å². The van der Waals surface area contributed by atoms with Gasteiger partial charge in [0.15, 0.2) is 0 Å². The first kappa shape index (κ1) is 21.9. The van der Waals surface area contributed by atoms with Gasteiger partial charge >= 0.3 is 0 Å². The molecule has 2 aromatic carbocycles. The number of nitrogens with zero attached hydrogens (tertiary/aromatic N) is 6. The molecular weight excluding hydrogens is 440 g/mol. The summed E-state index contributed by atoms with van der Waals surface area (Å²) in [6.07, 6.45) is 5.02. The van der Waals surface area contributed by atoms with Crippen molar-refractivity contribution in [3.8, 4) is 22.9 Å². The number of para-hydroxylation sites is 1. The summed E-state index contributed by atoms with van der Waals surface area (Å²) in [4.78, 5) is 22.2. The molecule has 0 fully saturated rings. The van der Waals surface area contributed by atoms with Crippen LogP contribution in [0, 0.1) is 11.3 Å². The molecule has 0 unspecified atom stereocenters. The molecule has 3 N–H and O–H groups in total. The summed E-state index contributed by atoms with van der Waals surface area (Å²) in [6, 6.07) is 18.9. The van der Waals surface area contributed by atoms with Gasteiger partial charge < -0.3 is 11.1 Å². The van der Waals surface area contributed by atoms with E-state index in [-0.39, 0.29) is 17.1 Å². The Morgan fingerprint density at radius 3 is 2.63 bits per heavy atom. The molecule has 172 valence electrons. The molecule has 0 aliphatic rings. The third kappa shape index (κ3) is 3.98. The molecule has 0 aliphatic heterocycles. The van der Waals surface area contributed by atoms with Crippen molar-refractivity contribution in [1.82, 2.24) is 24.3 Å². The number of nitrogens with two attached hydrogens (primary N) is 1. The van der Waals surface area contributed by atoms with Gasteiger partial charge in [-0.1, -0.05) is 36.4 Å². The van der Waals surface area contributed by atoms with E-state index >= 15 is 0 Å². The Kier molecular flexibility index (Phi) is 5.47. The van der Waals surface area contributed by atoms with Gasteiger partial charge in [-0.25, -0.2) is 4.98 Å². The van der Waals surface area contributed by atoms with Gasteiger partial charge in [0, 0.05) is 30.2 Å². The number of pyridine rings is 1. The van der Waals surface area contributed by atoms with Crippen LogP contribution >= 0.6 is 0 Å². The minimum absolute atomic E-state index is 0.0544. The van der Waals surface area contributed by atoms with Crippen molar-refractivity contribution in [2.75, 3.05) is 11.1 Å². The van der Waals surface area contributed by atoms with Crippen LogP contribution < -0.4 is 16.6 Å². The van der Waals surface area contributed by atoms with E-state index in [1.807, 2.05) is 74.8 Å². The van der Waals surface area contributed by atoms with E-state index in [4.69, 9.17) is 5.73 Å². The fraction of sp³-hybridized carbons (Fsp3) is 0.115. The first-order chi connectivity index (χ1) is 17.0. The third-order valence-corrected chi connectivity index (χ3v) is 5.83. The topological polar surface area (TPSA) is 127 Å². The lowest BCUT2D eigenvalue weighted by atomic mass is 9.99. The highest BCUT2D eigenvalue weighted by Crippen LogP contribution is 2.30. The molecule has 35 heavy (non-hydrogen) atoms. The third-order valence-electron chi connectivity index (χ3n) is 5.83. The quantitative estimate of drug-likeness (QED) is 0.406. The minimum atomic E-state index is -0.393. The lowest BCUT2D eigenvalue weighted by molar-refractivity contribution is 0.768. The summed E-state index contributed by atoms with van der Waals surface area (Å²) in [7, 11) is 1.84. The average Bonchev–Trinajstić information content (AvgIpc) is 3.30. The van der Waals surface area contributed by atoms with Crippen LogP contribution in [0.25, 0.3) is 27.6 Å². The molecule has 3 heterocycles. The smallest absolute Gasteiger partial charge is 0.263 e. The maximum atomic E-state index is 14.1. The van der Waals surface area contributed by atoms with E-state index in [1.165, 1.54) is 6.20 Å². The van der Waals surface area contributed by atoms with Gasteiger partial charge in [-0.3, -0.25) is 14.0 Å². The zero-order chi connectivity index (χ0) is 24.5. The summed E-state index contributed by atoms with van der Waals surface area (Å²) in [5.41, 5.74) is 8.98. The molecule has 0 spiro atoms. The van der Waals surface area contributed by atoms with Crippen molar-refractivity contribution in [3.05, 3.63) is 94.8 Å². The molecule has 0 bridgehead atoms. The van der Waals surface area contributed by atoms with Crippen molar-refractivity contribution in [1.29, 1.82) is 5.26 Å². The van der Waals surface area contributed by atoms with E-state index < -0.39 is 6.04 Å². The zero-order valence-electron chi connectivity index (χ0n) is 19.2. The van der Waals surface area contributed by atoms with Crippen LogP contribution in [-0.2, 0) is 7.05 Å². The molecule has 1 atom stereocenters. The number of aromatic nitrogens is 5. The van der Waals surface area contributed by atoms with Crippen LogP contribution in [0.5, 0.6) is 0 Å². The Bertz CT molecular complexity index is 1650. The second-order valence-corrected chi connectivity index (χ2v) is 8.19. The summed E-state index contributed by atoms with van der Waals surface area (Å²) >= 11 is 0. The van der Waals surface area contributed by atoms with Crippen LogP contribution in [0.2, 0.25) is 0 Å². The number of nitrogens with one attached hydrogen (secondary N) is 1. The van der Waals surface area contributed by atoms with Gasteiger partial charge in [0.2, 0.25) is 5.95 Å². The van der Waals surface area contributed by atoms with E-state index in [2.05, 4.69) is 26.5 Å². The highest BCUT2D eigenvalue weighted by Gasteiger charge is 2.20. The molecule has 5 aromatic rings. The summed E-state index contributed by atoms with van der Waals surface area (Å²) < 4.78 is 3.40. The molecule has 3 aromatic heterocycles. The van der Waals surface area contributed by atoms with E-state index in [0.29, 0.717) is 16.9 Å². The highest BCUT2D eigenvalue weighted by atomic mass is 16.1. The van der Waals surface area contributed by atoms with Gasteiger partial charge in [0.05, 0.1) is 23.8 Å². The van der Waals surface area contributed by atoms with Crippen LogP contribution in [-0.4, -0.2) is 24.3 Å². The zero-order valence-corrected chi connectivity index (χ0v) is 19.2. The molecule has 0 aliphatic carbocycles. The Balaban J connectivity index is 1.74. The van der Waals surface area contributed by atoms with Gasteiger partial charge in [-0.2, -0.15) is 15.3 Å². The minimum Gasteiger partial charge on any atom is -0.368 e. The van der Waals surface area contributed by atoms with E-state index in [9.17, 15) is 10.1 Å². The molecule has 9 heteroatoms. The summed E-state index contributed by atoms with van der Waals surface area (Å²) in [5.74, 6) is 0.363. The number of nitrogen functional groups attached to an aromatic ring is 1. The molecule has 0 saturated carbocycles. The maximum absolute atomic E-state index is 14.1. The molecule has 5 rings (SSSR count). The number of hydrogen-bond donors (Lipinski definition) is 2. The fourth-order valence-electron chi connectivity index (χ4n) is 4.21. The lowest BCUT2D eigenvalue weighted by Crippen LogP contribution is -2.26. The van der Waals surface area contributed by atoms with E-state index in [1.54, 1.807) is 15.4 Å². The summed E-state index contributed by atoms with van der Waals surface area (Å²) in [6.45, 7) is 1.91. The summed E-state index contributed by atoms with van der Waals surface area (Å²) in [5, 5.41) is 18.4. The standard InChI is InChI=1S/C26H22N8O/c1-16(31-24-18(12-27)13-29-26(28)32-24)22-11-17-7-6-10-21(19-14-30-33(2)15-19)23(17)25(35)34(22)20-8-4-3-5-9-20/h3-11,13-16H,1-2H3,(H3,28,29,31,32)/t16-/m0/s1. The van der Waals surface area contributed by atoms with Crippen molar-refractivity contribution in [3.63, 3.8) is 0 Å². The van der Waals surface area contributed by atoms with Gasteiger partial charge in [-0.15, -0.1) is 0 Å². The largest absolute Gasteiger partial charge is 0.368 e. The molecule has 0 saturated heterocycles. The predicted octanol–water partition coefficient (Wildman–Crippen LogP) is 3.81. The molecule has 0 amide bonds. The maximum Gasteiger partial charge on any atom is 0.263 e. The van der Waals surface area contributed by atoms with Crippen molar-refractivity contribution >= 4 is 22.5 Å². The molecule has 9 nitrogen and oxygen atoms in total. The first-order valence-electron chi connectivity index (χ1n) is 11.0. The molecular formula is C26H22N8O. The van der Waals surface area contributed by atoms with Crippen molar-refractivity contribution < 1.29 is 0 Å².